The minimum Gasteiger partial charge on any atom is -0.369 e. The molecule has 106 valence electrons. The number of nitrogens with one attached hydrogen (secondary N) is 1. The molecule has 0 unspecified atom stereocenters. The Morgan fingerprint density at radius 2 is 1.95 bits per heavy atom. The Labute approximate surface area is 123 Å². The third-order valence-corrected chi connectivity index (χ3v) is 4.12. The van der Waals surface area contributed by atoms with Crippen molar-refractivity contribution in [3.63, 3.8) is 0 Å². The number of nitrogens with zero attached hydrogens (tertiary/aromatic N) is 2. The van der Waals surface area contributed by atoms with E-state index in [0.29, 0.717) is 6.04 Å². The van der Waals surface area contributed by atoms with Gasteiger partial charge in [0.05, 0.1) is 17.6 Å². The van der Waals surface area contributed by atoms with E-state index in [0.717, 1.165) is 43.1 Å². The number of anilines is 1. The summed E-state index contributed by atoms with van der Waals surface area (Å²) in [6.07, 6.45) is 4.86. The Balaban J connectivity index is 1.74. The van der Waals surface area contributed by atoms with Crippen LogP contribution in [-0.4, -0.2) is 29.3 Å². The van der Waals surface area contributed by atoms with Gasteiger partial charge >= 0.3 is 0 Å². The molecule has 1 aliphatic heterocycles. The predicted molar refractivity (Wildman–Crippen MR) is 82.3 cm³/mol. The summed E-state index contributed by atoms with van der Waals surface area (Å²) in [6, 6.07) is 8.30. The SMILES string of the molecule is NC1CCN(c2cn[nH]c2Cc2ccc(Cl)cc2)CC1. The number of rotatable bonds is 3. The second-order valence-electron chi connectivity index (χ2n) is 5.36. The lowest BCUT2D eigenvalue weighted by Crippen LogP contribution is -2.39. The van der Waals surface area contributed by atoms with Crippen molar-refractivity contribution in [2.75, 3.05) is 18.0 Å². The van der Waals surface area contributed by atoms with Crippen LogP contribution in [0.3, 0.4) is 0 Å². The molecule has 0 radical (unpaired) electrons. The van der Waals surface area contributed by atoms with E-state index >= 15 is 0 Å². The van der Waals surface area contributed by atoms with Gasteiger partial charge < -0.3 is 10.6 Å². The van der Waals surface area contributed by atoms with Crippen molar-refractivity contribution < 1.29 is 0 Å². The first kappa shape index (κ1) is 13.5. The van der Waals surface area contributed by atoms with Crippen LogP contribution in [0.5, 0.6) is 0 Å². The molecule has 0 bridgehead atoms. The maximum Gasteiger partial charge on any atom is 0.0785 e. The summed E-state index contributed by atoms with van der Waals surface area (Å²) in [5, 5.41) is 8.09. The molecule has 5 heteroatoms. The predicted octanol–water partition coefficient (Wildman–Crippen LogP) is 2.58. The molecule has 1 aliphatic rings. The summed E-state index contributed by atoms with van der Waals surface area (Å²) in [5.74, 6) is 0. The Morgan fingerprint density at radius 3 is 2.65 bits per heavy atom. The molecule has 0 spiro atoms. The summed E-state index contributed by atoms with van der Waals surface area (Å²) in [6.45, 7) is 2.02. The topological polar surface area (TPSA) is 57.9 Å². The number of halogens is 1. The van der Waals surface area contributed by atoms with Gasteiger partial charge in [0.25, 0.3) is 0 Å². The Kier molecular flexibility index (Phi) is 3.94. The van der Waals surface area contributed by atoms with Crippen molar-refractivity contribution in [2.45, 2.75) is 25.3 Å². The molecular weight excluding hydrogens is 272 g/mol. The highest BCUT2D eigenvalue weighted by Gasteiger charge is 2.19. The molecule has 1 fully saturated rings. The van der Waals surface area contributed by atoms with Crippen molar-refractivity contribution >= 4 is 17.3 Å². The molecule has 2 heterocycles. The standard InChI is InChI=1S/C15H19ClN4/c16-12-3-1-11(2-4-12)9-14-15(10-18-19-14)20-7-5-13(17)6-8-20/h1-4,10,13H,5-9,17H2,(H,18,19). The molecule has 0 aliphatic carbocycles. The smallest absolute Gasteiger partial charge is 0.0785 e. The molecule has 20 heavy (non-hydrogen) atoms. The van der Waals surface area contributed by atoms with Crippen LogP contribution in [0.25, 0.3) is 0 Å². The lowest BCUT2D eigenvalue weighted by Gasteiger charge is -2.31. The number of nitrogens with two attached hydrogens (primary N) is 1. The fourth-order valence-corrected chi connectivity index (χ4v) is 2.78. The largest absolute Gasteiger partial charge is 0.369 e. The summed E-state index contributed by atoms with van der Waals surface area (Å²) in [5.41, 5.74) is 9.55. The van der Waals surface area contributed by atoms with Gasteiger partial charge in [-0.25, -0.2) is 0 Å². The Morgan fingerprint density at radius 1 is 1.25 bits per heavy atom. The number of hydrogen-bond donors (Lipinski definition) is 2. The molecule has 0 amide bonds. The Bertz CT molecular complexity index is 556. The van der Waals surface area contributed by atoms with Gasteiger partial charge in [-0.3, -0.25) is 5.10 Å². The van der Waals surface area contributed by atoms with Gasteiger partial charge in [-0.15, -0.1) is 0 Å². The molecule has 1 aromatic carbocycles. The second-order valence-corrected chi connectivity index (χ2v) is 5.80. The maximum atomic E-state index is 5.96. The monoisotopic (exact) mass is 290 g/mol. The number of piperidine rings is 1. The van der Waals surface area contributed by atoms with Crippen LogP contribution in [-0.2, 0) is 6.42 Å². The van der Waals surface area contributed by atoms with Crippen LogP contribution in [0.15, 0.2) is 30.5 Å². The van der Waals surface area contributed by atoms with E-state index in [2.05, 4.69) is 27.2 Å². The molecule has 0 atom stereocenters. The van der Waals surface area contributed by atoms with E-state index in [-0.39, 0.29) is 0 Å². The summed E-state index contributed by atoms with van der Waals surface area (Å²) < 4.78 is 0. The zero-order valence-electron chi connectivity index (χ0n) is 11.3. The fraction of sp³-hybridized carbons (Fsp3) is 0.400. The van der Waals surface area contributed by atoms with E-state index < -0.39 is 0 Å². The molecule has 1 saturated heterocycles. The quantitative estimate of drug-likeness (QED) is 0.913. The molecule has 3 N–H and O–H groups in total. The molecule has 1 aromatic heterocycles. The van der Waals surface area contributed by atoms with Crippen LogP contribution >= 0.6 is 11.6 Å². The van der Waals surface area contributed by atoms with Gasteiger partial charge in [0.15, 0.2) is 0 Å². The minimum absolute atomic E-state index is 0.345. The molecule has 3 rings (SSSR count). The first-order valence-electron chi connectivity index (χ1n) is 6.99. The van der Waals surface area contributed by atoms with Gasteiger partial charge in [0.1, 0.15) is 0 Å². The lowest BCUT2D eigenvalue weighted by molar-refractivity contribution is 0.500. The minimum atomic E-state index is 0.345. The summed E-state index contributed by atoms with van der Waals surface area (Å²) in [7, 11) is 0. The lowest BCUT2D eigenvalue weighted by atomic mass is 10.0. The first-order chi connectivity index (χ1) is 9.72. The van der Waals surface area contributed by atoms with Crippen molar-refractivity contribution in [2.24, 2.45) is 5.73 Å². The van der Waals surface area contributed by atoms with Crippen LogP contribution < -0.4 is 10.6 Å². The molecule has 2 aromatic rings. The number of benzene rings is 1. The number of aromatic nitrogens is 2. The van der Waals surface area contributed by atoms with Crippen LogP contribution in [0.2, 0.25) is 5.02 Å². The normalized spacial score (nSPS) is 16.6. The zero-order valence-corrected chi connectivity index (χ0v) is 12.1. The maximum absolute atomic E-state index is 5.96. The van der Waals surface area contributed by atoms with Gasteiger partial charge in [0.2, 0.25) is 0 Å². The molecule has 0 saturated carbocycles. The van der Waals surface area contributed by atoms with Crippen molar-refractivity contribution in [3.8, 4) is 0 Å². The van der Waals surface area contributed by atoms with Gasteiger partial charge in [-0.2, -0.15) is 5.10 Å². The average molecular weight is 291 g/mol. The third kappa shape index (κ3) is 2.97. The van der Waals surface area contributed by atoms with E-state index in [9.17, 15) is 0 Å². The van der Waals surface area contributed by atoms with Gasteiger partial charge in [0, 0.05) is 30.6 Å². The van der Waals surface area contributed by atoms with E-state index in [4.69, 9.17) is 17.3 Å². The number of H-pyrrole nitrogens is 1. The highest BCUT2D eigenvalue weighted by molar-refractivity contribution is 6.30. The first-order valence-corrected chi connectivity index (χ1v) is 7.37. The highest BCUT2D eigenvalue weighted by Crippen LogP contribution is 2.24. The van der Waals surface area contributed by atoms with E-state index in [1.807, 2.05) is 18.3 Å². The Hall–Kier alpha value is -1.52. The van der Waals surface area contributed by atoms with E-state index in [1.54, 1.807) is 0 Å². The average Bonchev–Trinajstić information content (AvgIpc) is 2.90. The number of hydrogen-bond acceptors (Lipinski definition) is 3. The molecular formula is C15H19ClN4. The fourth-order valence-electron chi connectivity index (χ4n) is 2.66. The van der Waals surface area contributed by atoms with Crippen molar-refractivity contribution in [1.29, 1.82) is 0 Å². The van der Waals surface area contributed by atoms with Crippen LogP contribution in [0, 0.1) is 0 Å². The number of aromatic amines is 1. The van der Waals surface area contributed by atoms with Crippen molar-refractivity contribution in [1.82, 2.24) is 10.2 Å². The summed E-state index contributed by atoms with van der Waals surface area (Å²) >= 11 is 5.92. The zero-order chi connectivity index (χ0) is 13.9. The van der Waals surface area contributed by atoms with Crippen molar-refractivity contribution in [3.05, 3.63) is 46.7 Å². The van der Waals surface area contributed by atoms with Gasteiger partial charge in [-0.05, 0) is 30.5 Å². The second kappa shape index (κ2) is 5.85. The van der Waals surface area contributed by atoms with E-state index in [1.165, 1.54) is 11.3 Å². The highest BCUT2D eigenvalue weighted by atomic mass is 35.5. The van der Waals surface area contributed by atoms with Gasteiger partial charge in [-0.1, -0.05) is 23.7 Å². The van der Waals surface area contributed by atoms with Crippen LogP contribution in [0.4, 0.5) is 5.69 Å². The third-order valence-electron chi connectivity index (χ3n) is 3.87. The summed E-state index contributed by atoms with van der Waals surface area (Å²) in [4.78, 5) is 2.37. The van der Waals surface area contributed by atoms with Crippen LogP contribution in [0.1, 0.15) is 24.1 Å². The molecule has 4 nitrogen and oxygen atoms in total.